The fourth-order valence-electron chi connectivity index (χ4n) is 3.97. The molecule has 4 N–H and O–H groups in total. The summed E-state index contributed by atoms with van der Waals surface area (Å²) >= 11 is 0. The molecule has 1 aliphatic heterocycles. The summed E-state index contributed by atoms with van der Waals surface area (Å²) in [6, 6.07) is 15.3. The van der Waals surface area contributed by atoms with Crippen molar-refractivity contribution in [1.29, 1.82) is 0 Å². The van der Waals surface area contributed by atoms with E-state index in [0.29, 0.717) is 30.0 Å². The second kappa shape index (κ2) is 11.6. The summed E-state index contributed by atoms with van der Waals surface area (Å²) < 4.78 is 22.6. The number of hydrogen-bond acceptors (Lipinski definition) is 8. The third-order valence-corrected chi connectivity index (χ3v) is 5.92. The summed E-state index contributed by atoms with van der Waals surface area (Å²) in [5, 5.41) is 32.4. The van der Waals surface area contributed by atoms with E-state index in [9.17, 15) is 20.1 Å². The van der Waals surface area contributed by atoms with E-state index < -0.39 is 12.2 Å². The van der Waals surface area contributed by atoms with Crippen molar-refractivity contribution in [1.82, 2.24) is 5.32 Å². The number of ether oxygens (including phenoxy) is 4. The maximum absolute atomic E-state index is 12.2. The summed E-state index contributed by atoms with van der Waals surface area (Å²) in [5.41, 5.74) is 2.33. The van der Waals surface area contributed by atoms with E-state index >= 15 is 0 Å². The maximum Gasteiger partial charge on any atom is 0.244 e. The van der Waals surface area contributed by atoms with E-state index in [-0.39, 0.29) is 35.5 Å². The number of carbonyl (C=O) groups is 1. The van der Waals surface area contributed by atoms with E-state index in [1.807, 2.05) is 12.1 Å². The first-order valence-electron chi connectivity index (χ1n) is 11.7. The number of aromatic hydroxyl groups is 2. The molecular weight excluding hydrogens is 478 g/mol. The number of hydrogen-bond donors (Lipinski definition) is 4. The molecule has 0 aliphatic carbocycles. The van der Waals surface area contributed by atoms with E-state index in [2.05, 4.69) is 5.32 Å². The van der Waals surface area contributed by atoms with Crippen LogP contribution in [0.25, 0.3) is 6.08 Å². The predicted molar refractivity (Wildman–Crippen MR) is 136 cm³/mol. The normalized spacial score (nSPS) is 16.4. The zero-order valence-electron chi connectivity index (χ0n) is 20.5. The molecule has 9 heteroatoms. The molecule has 1 aliphatic rings. The fraction of sp³-hybridized carbons (Fsp3) is 0.250. The van der Waals surface area contributed by atoms with Gasteiger partial charge in [0.05, 0.1) is 20.8 Å². The number of benzene rings is 3. The van der Waals surface area contributed by atoms with Gasteiger partial charge in [0.25, 0.3) is 0 Å². The Morgan fingerprint density at radius 1 is 0.973 bits per heavy atom. The van der Waals surface area contributed by atoms with Crippen LogP contribution in [0.3, 0.4) is 0 Å². The second-order valence-electron chi connectivity index (χ2n) is 8.40. The minimum Gasteiger partial charge on any atom is -0.508 e. The average Bonchev–Trinajstić information content (AvgIpc) is 2.92. The van der Waals surface area contributed by atoms with Gasteiger partial charge in [0.2, 0.25) is 11.7 Å². The molecule has 194 valence electrons. The van der Waals surface area contributed by atoms with Crippen LogP contribution in [0.4, 0.5) is 0 Å². The van der Waals surface area contributed by atoms with Crippen molar-refractivity contribution in [2.24, 2.45) is 0 Å². The molecule has 0 radical (unpaired) electrons. The summed E-state index contributed by atoms with van der Waals surface area (Å²) in [6.45, 7) is 0.139. The Kier molecular flexibility index (Phi) is 8.05. The Balaban J connectivity index is 1.42. The summed E-state index contributed by atoms with van der Waals surface area (Å²) in [4.78, 5) is 12.2. The number of nitrogens with one attached hydrogen (secondary N) is 1. The monoisotopic (exact) mass is 507 g/mol. The molecule has 3 aromatic rings. The van der Waals surface area contributed by atoms with E-state index in [1.165, 1.54) is 20.3 Å². The lowest BCUT2D eigenvalue weighted by molar-refractivity contribution is -0.116. The summed E-state index contributed by atoms with van der Waals surface area (Å²) in [5.74, 6) is 1.16. The van der Waals surface area contributed by atoms with Crippen molar-refractivity contribution < 1.29 is 39.1 Å². The Morgan fingerprint density at radius 3 is 2.32 bits per heavy atom. The molecule has 4 rings (SSSR count). The molecule has 1 heterocycles. The zero-order valence-corrected chi connectivity index (χ0v) is 20.5. The summed E-state index contributed by atoms with van der Waals surface area (Å²) in [7, 11) is 2.86. The number of phenols is 2. The van der Waals surface area contributed by atoms with Gasteiger partial charge in [-0.2, -0.15) is 0 Å². The first kappa shape index (κ1) is 25.7. The van der Waals surface area contributed by atoms with Gasteiger partial charge < -0.3 is 39.6 Å². The average molecular weight is 508 g/mol. The third kappa shape index (κ3) is 6.07. The van der Waals surface area contributed by atoms with Crippen molar-refractivity contribution in [2.75, 3.05) is 27.4 Å². The lowest BCUT2D eigenvalue weighted by Crippen LogP contribution is -2.36. The van der Waals surface area contributed by atoms with Crippen LogP contribution in [0.5, 0.6) is 34.5 Å². The van der Waals surface area contributed by atoms with Crippen LogP contribution in [-0.4, -0.2) is 54.7 Å². The third-order valence-electron chi connectivity index (χ3n) is 5.92. The number of phenolic OH excluding ortho intramolecular Hbond substituents is 2. The van der Waals surface area contributed by atoms with Gasteiger partial charge in [-0.05, 0) is 60.0 Å². The highest BCUT2D eigenvalue weighted by molar-refractivity contribution is 5.91. The van der Waals surface area contributed by atoms with Crippen LogP contribution in [0.1, 0.15) is 22.8 Å². The van der Waals surface area contributed by atoms with Gasteiger partial charge in [0.15, 0.2) is 35.2 Å². The smallest absolute Gasteiger partial charge is 0.244 e. The molecule has 37 heavy (non-hydrogen) atoms. The molecular formula is C28H29NO8. The number of amides is 1. The summed E-state index contributed by atoms with van der Waals surface area (Å²) in [6.07, 6.45) is 2.33. The number of aliphatic hydroxyl groups excluding tert-OH is 1. The van der Waals surface area contributed by atoms with Gasteiger partial charge in [-0.1, -0.05) is 18.2 Å². The van der Waals surface area contributed by atoms with Crippen LogP contribution in [0.2, 0.25) is 0 Å². The molecule has 0 spiro atoms. The highest BCUT2D eigenvalue weighted by Gasteiger charge is 2.34. The Labute approximate surface area is 214 Å². The SMILES string of the molecule is COc1cc(C2Oc3ccc(C=CC(=O)NCCc4ccc(O)cc4)cc3OC2CO)cc(OC)c1O. The number of carbonyl (C=O) groups excluding carboxylic acids is 1. The standard InChI is InChI=1S/C28H29NO8/c1-34-23-14-19(15-24(35-2)27(23)33)28-25(16-30)36-22-13-18(5-9-21(22)37-28)6-10-26(32)29-12-11-17-3-7-20(31)8-4-17/h3-10,13-15,25,28,30-31,33H,11-12,16H2,1-2H3,(H,29,32). The van der Waals surface area contributed by atoms with Gasteiger partial charge >= 0.3 is 0 Å². The molecule has 3 aromatic carbocycles. The van der Waals surface area contributed by atoms with Gasteiger partial charge in [0, 0.05) is 18.2 Å². The predicted octanol–water partition coefficient (Wildman–Crippen LogP) is 3.36. The van der Waals surface area contributed by atoms with Crippen molar-refractivity contribution in [3.05, 3.63) is 77.4 Å². The van der Waals surface area contributed by atoms with Crippen molar-refractivity contribution in [2.45, 2.75) is 18.6 Å². The van der Waals surface area contributed by atoms with Gasteiger partial charge in [-0.25, -0.2) is 0 Å². The van der Waals surface area contributed by atoms with Crippen LogP contribution in [-0.2, 0) is 11.2 Å². The number of aliphatic hydroxyl groups is 1. The first-order chi connectivity index (χ1) is 17.9. The van der Waals surface area contributed by atoms with Crippen molar-refractivity contribution >= 4 is 12.0 Å². The number of methoxy groups -OCH3 is 2. The quantitative estimate of drug-likeness (QED) is 0.325. The number of fused-ring (bicyclic) bond motifs is 1. The van der Waals surface area contributed by atoms with Gasteiger partial charge in [0.1, 0.15) is 5.75 Å². The van der Waals surface area contributed by atoms with Crippen molar-refractivity contribution in [3.8, 4) is 34.5 Å². The minimum absolute atomic E-state index is 0.132. The first-order valence-corrected chi connectivity index (χ1v) is 11.7. The molecule has 0 saturated heterocycles. The topological polar surface area (TPSA) is 127 Å². The zero-order chi connectivity index (χ0) is 26.4. The Morgan fingerprint density at radius 2 is 1.68 bits per heavy atom. The second-order valence-corrected chi connectivity index (χ2v) is 8.40. The molecule has 2 atom stereocenters. The van der Waals surface area contributed by atoms with Crippen LogP contribution in [0, 0.1) is 0 Å². The molecule has 0 bridgehead atoms. The van der Waals surface area contributed by atoms with Crippen LogP contribution < -0.4 is 24.3 Å². The molecule has 0 aromatic heterocycles. The molecule has 2 unspecified atom stereocenters. The van der Waals surface area contributed by atoms with Gasteiger partial charge in [-0.15, -0.1) is 0 Å². The van der Waals surface area contributed by atoms with Crippen molar-refractivity contribution in [3.63, 3.8) is 0 Å². The van der Waals surface area contributed by atoms with E-state index in [4.69, 9.17) is 18.9 Å². The Bertz CT molecular complexity index is 1250. The molecule has 0 saturated carbocycles. The minimum atomic E-state index is -0.728. The number of rotatable bonds is 9. The molecule has 0 fully saturated rings. The fourth-order valence-corrected chi connectivity index (χ4v) is 3.97. The Hall–Kier alpha value is -4.37. The van der Waals surface area contributed by atoms with E-state index in [0.717, 1.165) is 11.1 Å². The molecule has 1 amide bonds. The van der Waals surface area contributed by atoms with Gasteiger partial charge in [-0.3, -0.25) is 4.79 Å². The lowest BCUT2D eigenvalue weighted by Gasteiger charge is -2.33. The van der Waals surface area contributed by atoms with Crippen LogP contribution in [0.15, 0.2) is 60.7 Å². The maximum atomic E-state index is 12.2. The highest BCUT2D eigenvalue weighted by atomic mass is 16.6. The largest absolute Gasteiger partial charge is 0.508 e. The van der Waals surface area contributed by atoms with Crippen LogP contribution >= 0.6 is 0 Å². The molecule has 9 nitrogen and oxygen atoms in total. The highest BCUT2D eigenvalue weighted by Crippen LogP contribution is 2.44. The van der Waals surface area contributed by atoms with E-state index in [1.54, 1.807) is 48.5 Å². The lowest BCUT2D eigenvalue weighted by atomic mass is 10.0.